The summed E-state index contributed by atoms with van der Waals surface area (Å²) in [5.74, 6) is 1.45. The van der Waals surface area contributed by atoms with E-state index in [0.29, 0.717) is 5.92 Å². The molecule has 6 heteroatoms. The molecule has 144 valence electrons. The van der Waals surface area contributed by atoms with E-state index in [1.165, 1.54) is 0 Å². The maximum Gasteiger partial charge on any atom is 0.209 e. The van der Waals surface area contributed by atoms with E-state index >= 15 is 0 Å². The molecule has 0 amide bonds. The van der Waals surface area contributed by atoms with Gasteiger partial charge in [0.2, 0.25) is 11.8 Å². The Morgan fingerprint density at radius 1 is 1.04 bits per heavy atom. The van der Waals surface area contributed by atoms with Gasteiger partial charge >= 0.3 is 0 Å². The molecular weight excluding hydrogens is 320 g/mol. The summed E-state index contributed by atoms with van der Waals surface area (Å²) in [6.07, 6.45) is 6.07. The van der Waals surface area contributed by atoms with E-state index in [9.17, 15) is 0 Å². The van der Waals surface area contributed by atoms with E-state index < -0.39 is 0 Å². The van der Waals surface area contributed by atoms with E-state index in [4.69, 9.17) is 28.9 Å². The number of unbranched alkanes of at least 4 members (excludes halogenated alkanes) is 2. The molecule has 0 N–H and O–H groups in total. The fraction of sp³-hybridized carbons (Fsp3) is 0.895. The van der Waals surface area contributed by atoms with Crippen molar-refractivity contribution in [3.8, 4) is 0 Å². The highest BCUT2D eigenvalue weighted by atomic mass is 16.7. The van der Waals surface area contributed by atoms with Crippen LogP contribution < -0.4 is 0 Å². The van der Waals surface area contributed by atoms with Crippen LogP contribution in [0.5, 0.6) is 0 Å². The topological polar surface area (TPSA) is 61.6 Å². The molecule has 1 fully saturated rings. The minimum atomic E-state index is -0.337. The second kappa shape index (κ2) is 9.53. The Hall–Kier alpha value is -1.14. The lowest BCUT2D eigenvalue weighted by Gasteiger charge is -2.27. The van der Waals surface area contributed by atoms with Gasteiger partial charge in [-0.3, -0.25) is 0 Å². The Morgan fingerprint density at radius 2 is 1.72 bits per heavy atom. The molecule has 0 spiro atoms. The molecule has 0 saturated carbocycles. The van der Waals surface area contributed by atoms with Crippen molar-refractivity contribution in [3.05, 3.63) is 0 Å². The number of hydrogen-bond acceptors (Lipinski definition) is 6. The molecule has 2 rings (SSSR count). The number of methoxy groups -OCH3 is 2. The molecule has 2 aliphatic rings. The maximum absolute atomic E-state index is 5.78. The van der Waals surface area contributed by atoms with Crippen LogP contribution in [0.2, 0.25) is 0 Å². The zero-order valence-corrected chi connectivity index (χ0v) is 16.4. The first-order chi connectivity index (χ1) is 12.0. The minimum Gasteiger partial charge on any atom is -0.483 e. The Morgan fingerprint density at radius 3 is 2.28 bits per heavy atom. The van der Waals surface area contributed by atoms with E-state index in [1.54, 1.807) is 14.2 Å². The van der Waals surface area contributed by atoms with Crippen LogP contribution in [0.15, 0.2) is 9.98 Å². The summed E-state index contributed by atoms with van der Waals surface area (Å²) < 4.78 is 22.5. The second-order valence-electron chi connectivity index (χ2n) is 7.11. The van der Waals surface area contributed by atoms with Crippen LogP contribution in [0.25, 0.3) is 0 Å². The molecule has 0 unspecified atom stereocenters. The van der Waals surface area contributed by atoms with Crippen LogP contribution in [-0.4, -0.2) is 57.1 Å². The summed E-state index contributed by atoms with van der Waals surface area (Å²) in [6, 6.07) is -0.0775. The van der Waals surface area contributed by atoms with Crippen molar-refractivity contribution in [2.75, 3.05) is 27.4 Å². The van der Waals surface area contributed by atoms with Gasteiger partial charge in [-0.25, -0.2) is 9.98 Å². The van der Waals surface area contributed by atoms with Gasteiger partial charge in [0, 0.05) is 6.42 Å². The van der Waals surface area contributed by atoms with Crippen LogP contribution in [0.4, 0.5) is 0 Å². The van der Waals surface area contributed by atoms with Crippen molar-refractivity contribution >= 4 is 11.8 Å². The number of rotatable bonds is 8. The van der Waals surface area contributed by atoms with Gasteiger partial charge in [-0.15, -0.1) is 0 Å². The van der Waals surface area contributed by atoms with Gasteiger partial charge < -0.3 is 18.9 Å². The number of nitrogens with zero attached hydrogens (tertiary/aromatic N) is 2. The van der Waals surface area contributed by atoms with Crippen molar-refractivity contribution in [1.82, 2.24) is 0 Å². The van der Waals surface area contributed by atoms with Crippen molar-refractivity contribution in [2.24, 2.45) is 15.9 Å². The third-order valence-electron chi connectivity index (χ3n) is 5.02. The molecule has 6 nitrogen and oxygen atoms in total. The van der Waals surface area contributed by atoms with Crippen molar-refractivity contribution in [3.63, 3.8) is 0 Å². The smallest absolute Gasteiger partial charge is 0.209 e. The van der Waals surface area contributed by atoms with Gasteiger partial charge in [-0.05, 0) is 25.2 Å². The van der Waals surface area contributed by atoms with Gasteiger partial charge in [0.15, 0.2) is 5.79 Å². The fourth-order valence-electron chi connectivity index (χ4n) is 3.48. The van der Waals surface area contributed by atoms with Crippen LogP contribution in [0.1, 0.15) is 59.3 Å². The monoisotopic (exact) mass is 354 g/mol. The summed E-state index contributed by atoms with van der Waals surface area (Å²) in [4.78, 5) is 9.47. The Bertz CT molecular complexity index is 470. The van der Waals surface area contributed by atoms with E-state index in [2.05, 4.69) is 20.8 Å². The predicted molar refractivity (Wildman–Crippen MR) is 99.3 cm³/mol. The van der Waals surface area contributed by atoms with Crippen LogP contribution in [-0.2, 0) is 18.9 Å². The van der Waals surface area contributed by atoms with E-state index in [-0.39, 0.29) is 17.9 Å². The fourth-order valence-corrected chi connectivity index (χ4v) is 3.48. The van der Waals surface area contributed by atoms with Crippen LogP contribution in [0, 0.1) is 5.92 Å². The van der Waals surface area contributed by atoms with Crippen LogP contribution >= 0.6 is 0 Å². The lowest BCUT2D eigenvalue weighted by Crippen LogP contribution is -2.37. The predicted octanol–water partition coefficient (Wildman–Crippen LogP) is 3.59. The summed E-state index contributed by atoms with van der Waals surface area (Å²) in [6.45, 7) is 7.80. The van der Waals surface area contributed by atoms with Gasteiger partial charge in [0.1, 0.15) is 12.1 Å². The molecule has 25 heavy (non-hydrogen) atoms. The molecular formula is C19H34N2O4. The number of hydrogen-bond donors (Lipinski definition) is 0. The average molecular weight is 354 g/mol. The van der Waals surface area contributed by atoms with E-state index in [1.807, 2.05) is 0 Å². The zero-order valence-electron chi connectivity index (χ0n) is 16.4. The standard InChI is InChI=1S/C19H34N2O4/c1-6-19(24-12-13-25-19)11-9-7-8-10-15-17(22-4)21-16(14(2)3)18(20-15)23-5/h14-16H,6-13H2,1-5H3/t15-,16+/m0/s1. The molecule has 0 bridgehead atoms. The third-order valence-corrected chi connectivity index (χ3v) is 5.02. The van der Waals surface area contributed by atoms with Gasteiger partial charge in [0.05, 0.1) is 27.4 Å². The highest BCUT2D eigenvalue weighted by molar-refractivity contribution is 5.94. The molecule has 1 saturated heterocycles. The number of ether oxygens (including phenoxy) is 4. The second-order valence-corrected chi connectivity index (χ2v) is 7.11. The van der Waals surface area contributed by atoms with E-state index in [0.717, 1.165) is 63.5 Å². The highest BCUT2D eigenvalue weighted by Gasteiger charge is 2.34. The van der Waals surface area contributed by atoms with Gasteiger partial charge in [-0.1, -0.05) is 33.6 Å². The molecule has 2 aliphatic heterocycles. The third kappa shape index (κ3) is 5.17. The first kappa shape index (κ1) is 20.2. The summed E-state index contributed by atoms with van der Waals surface area (Å²) in [7, 11) is 3.35. The van der Waals surface area contributed by atoms with Gasteiger partial charge in [0.25, 0.3) is 0 Å². The van der Waals surface area contributed by atoms with Gasteiger partial charge in [-0.2, -0.15) is 0 Å². The molecule has 2 heterocycles. The molecule has 0 radical (unpaired) electrons. The highest BCUT2D eigenvalue weighted by Crippen LogP contribution is 2.29. The first-order valence-corrected chi connectivity index (χ1v) is 9.56. The minimum absolute atomic E-state index is 0.0333. The van der Waals surface area contributed by atoms with Crippen molar-refractivity contribution < 1.29 is 18.9 Å². The Balaban J connectivity index is 1.81. The zero-order chi connectivity index (χ0) is 18.3. The Labute approximate surface area is 152 Å². The summed E-state index contributed by atoms with van der Waals surface area (Å²) in [5.41, 5.74) is 0. The molecule has 0 aromatic carbocycles. The summed E-state index contributed by atoms with van der Waals surface area (Å²) in [5, 5.41) is 0. The lowest BCUT2D eigenvalue weighted by atomic mass is 10.00. The largest absolute Gasteiger partial charge is 0.483 e. The molecule has 0 aliphatic carbocycles. The Kier molecular flexibility index (Phi) is 7.69. The lowest BCUT2D eigenvalue weighted by molar-refractivity contribution is -0.164. The maximum atomic E-state index is 5.78. The van der Waals surface area contributed by atoms with Crippen LogP contribution in [0.3, 0.4) is 0 Å². The first-order valence-electron chi connectivity index (χ1n) is 9.56. The molecule has 0 aromatic heterocycles. The molecule has 2 atom stereocenters. The molecule has 0 aromatic rings. The van der Waals surface area contributed by atoms with Crippen molar-refractivity contribution in [1.29, 1.82) is 0 Å². The quantitative estimate of drug-likeness (QED) is 0.625. The average Bonchev–Trinajstić information content (AvgIpc) is 3.10. The SMILES string of the molecule is CCC1(CCCCC[C@@H]2N=C(OC)[C@@H](C(C)C)N=C2OC)OCCO1. The normalized spacial score (nSPS) is 25.7. The number of aliphatic imine (C=N–C) groups is 2. The van der Waals surface area contributed by atoms with Crippen molar-refractivity contribution in [2.45, 2.75) is 77.2 Å². The summed E-state index contributed by atoms with van der Waals surface area (Å²) >= 11 is 0.